The molecular formula is C20H16N6O. The first-order valence-corrected chi connectivity index (χ1v) is 8.59. The number of imidazole rings is 1. The van der Waals surface area contributed by atoms with Crippen molar-refractivity contribution < 1.29 is 0 Å². The van der Waals surface area contributed by atoms with Gasteiger partial charge in [-0.25, -0.2) is 4.98 Å². The fraction of sp³-hybridized carbons (Fsp3) is 0.100. The Labute approximate surface area is 154 Å². The molecule has 0 aliphatic carbocycles. The van der Waals surface area contributed by atoms with E-state index in [2.05, 4.69) is 20.2 Å². The van der Waals surface area contributed by atoms with Gasteiger partial charge < -0.3 is 8.97 Å². The molecule has 0 spiro atoms. The Kier molecular flexibility index (Phi) is 3.39. The van der Waals surface area contributed by atoms with E-state index in [9.17, 15) is 4.79 Å². The van der Waals surface area contributed by atoms with Crippen molar-refractivity contribution in [1.29, 1.82) is 0 Å². The maximum Gasteiger partial charge on any atom is 0.260 e. The van der Waals surface area contributed by atoms with E-state index in [-0.39, 0.29) is 5.56 Å². The van der Waals surface area contributed by atoms with Crippen LogP contribution in [-0.2, 0) is 6.54 Å². The summed E-state index contributed by atoms with van der Waals surface area (Å²) in [5.74, 6) is 0. The first-order valence-electron chi connectivity index (χ1n) is 8.59. The van der Waals surface area contributed by atoms with E-state index in [1.54, 1.807) is 29.4 Å². The number of hydrogen-bond donors (Lipinski definition) is 1. The first kappa shape index (κ1) is 15.5. The van der Waals surface area contributed by atoms with Gasteiger partial charge in [0.05, 0.1) is 23.8 Å². The fourth-order valence-corrected chi connectivity index (χ4v) is 3.37. The smallest absolute Gasteiger partial charge is 0.260 e. The second-order valence-corrected chi connectivity index (χ2v) is 6.59. The van der Waals surface area contributed by atoms with Crippen LogP contribution in [0.3, 0.4) is 0 Å². The van der Waals surface area contributed by atoms with Gasteiger partial charge in [0.15, 0.2) is 0 Å². The van der Waals surface area contributed by atoms with Gasteiger partial charge in [-0.15, -0.1) is 0 Å². The standard InChI is InChI=1S/C20H16N6O/c1-13-2-3-19-24-15(12-26(19)10-13)11-25-5-4-16-17(14-6-22-23-7-14)8-21-9-18(16)20(25)27/h2-10,12H,11H2,1H3,(H,22,23). The molecule has 0 radical (unpaired) electrons. The van der Waals surface area contributed by atoms with E-state index in [4.69, 9.17) is 0 Å². The minimum absolute atomic E-state index is 0.0846. The summed E-state index contributed by atoms with van der Waals surface area (Å²) >= 11 is 0. The normalized spacial score (nSPS) is 11.4. The van der Waals surface area contributed by atoms with Gasteiger partial charge in [0.25, 0.3) is 5.56 Å². The average molecular weight is 356 g/mol. The second-order valence-electron chi connectivity index (χ2n) is 6.59. The molecule has 0 saturated carbocycles. The molecule has 0 aromatic carbocycles. The van der Waals surface area contributed by atoms with Crippen molar-refractivity contribution in [2.75, 3.05) is 0 Å². The summed E-state index contributed by atoms with van der Waals surface area (Å²) in [5, 5.41) is 8.22. The minimum atomic E-state index is -0.0846. The highest BCUT2D eigenvalue weighted by Gasteiger charge is 2.11. The number of aryl methyl sites for hydroxylation is 1. The Morgan fingerprint density at radius 3 is 2.85 bits per heavy atom. The lowest BCUT2D eigenvalue weighted by Crippen LogP contribution is -2.20. The van der Waals surface area contributed by atoms with E-state index in [1.165, 1.54) is 0 Å². The van der Waals surface area contributed by atoms with Gasteiger partial charge in [0.1, 0.15) is 5.65 Å². The van der Waals surface area contributed by atoms with Gasteiger partial charge >= 0.3 is 0 Å². The maximum atomic E-state index is 13.0. The summed E-state index contributed by atoms with van der Waals surface area (Å²) < 4.78 is 3.65. The second kappa shape index (κ2) is 5.91. The Bertz CT molecular complexity index is 1330. The SMILES string of the molecule is Cc1ccc2nc(Cn3ccc4c(-c5cn[nH]c5)cncc4c3=O)cn2c1. The summed E-state index contributed by atoms with van der Waals surface area (Å²) in [6.45, 7) is 2.45. The van der Waals surface area contributed by atoms with Crippen molar-refractivity contribution in [2.45, 2.75) is 13.5 Å². The summed E-state index contributed by atoms with van der Waals surface area (Å²) in [6.07, 6.45) is 12.7. The van der Waals surface area contributed by atoms with Gasteiger partial charge in [-0.2, -0.15) is 5.10 Å². The number of nitrogens with zero attached hydrogens (tertiary/aromatic N) is 5. The van der Waals surface area contributed by atoms with Crippen LogP contribution in [0, 0.1) is 6.92 Å². The zero-order valence-corrected chi connectivity index (χ0v) is 14.6. The third-order valence-corrected chi connectivity index (χ3v) is 4.69. The molecule has 5 heterocycles. The van der Waals surface area contributed by atoms with Gasteiger partial charge in [0.2, 0.25) is 0 Å². The van der Waals surface area contributed by atoms with Crippen LogP contribution in [0.1, 0.15) is 11.3 Å². The quantitative estimate of drug-likeness (QED) is 0.539. The van der Waals surface area contributed by atoms with Crippen molar-refractivity contribution in [3.8, 4) is 11.1 Å². The fourth-order valence-electron chi connectivity index (χ4n) is 3.37. The molecule has 0 bridgehead atoms. The van der Waals surface area contributed by atoms with Crippen LogP contribution >= 0.6 is 0 Å². The Morgan fingerprint density at radius 1 is 1.07 bits per heavy atom. The first-order chi connectivity index (χ1) is 13.2. The van der Waals surface area contributed by atoms with Crippen LogP contribution in [0.25, 0.3) is 27.5 Å². The van der Waals surface area contributed by atoms with Crippen LogP contribution in [0.2, 0.25) is 0 Å². The number of pyridine rings is 3. The zero-order chi connectivity index (χ0) is 18.4. The molecule has 5 aromatic rings. The Morgan fingerprint density at radius 2 is 2.00 bits per heavy atom. The molecule has 5 aromatic heterocycles. The van der Waals surface area contributed by atoms with Crippen molar-refractivity contribution >= 4 is 16.4 Å². The molecule has 0 unspecified atom stereocenters. The third kappa shape index (κ3) is 2.60. The van der Waals surface area contributed by atoms with E-state index in [0.717, 1.165) is 33.4 Å². The van der Waals surface area contributed by atoms with Crippen molar-refractivity contribution in [3.63, 3.8) is 0 Å². The number of H-pyrrole nitrogens is 1. The monoisotopic (exact) mass is 356 g/mol. The molecule has 0 aliphatic heterocycles. The Hall–Kier alpha value is -3.74. The molecule has 0 saturated heterocycles. The van der Waals surface area contributed by atoms with E-state index < -0.39 is 0 Å². The summed E-state index contributed by atoms with van der Waals surface area (Å²) in [5.41, 5.74) is 4.56. The lowest BCUT2D eigenvalue weighted by atomic mass is 10.1. The third-order valence-electron chi connectivity index (χ3n) is 4.69. The number of fused-ring (bicyclic) bond motifs is 2. The number of hydrogen-bond acceptors (Lipinski definition) is 4. The maximum absolute atomic E-state index is 13.0. The summed E-state index contributed by atoms with van der Waals surface area (Å²) in [7, 11) is 0. The van der Waals surface area contributed by atoms with Gasteiger partial charge in [-0.3, -0.25) is 14.9 Å². The molecule has 132 valence electrons. The van der Waals surface area contributed by atoms with Crippen LogP contribution < -0.4 is 5.56 Å². The van der Waals surface area contributed by atoms with Gasteiger partial charge in [0, 0.05) is 48.3 Å². The molecule has 0 aliphatic rings. The highest BCUT2D eigenvalue weighted by molar-refractivity contribution is 5.94. The van der Waals surface area contributed by atoms with Gasteiger partial charge in [-0.1, -0.05) is 6.07 Å². The molecule has 7 nitrogen and oxygen atoms in total. The number of aromatic amines is 1. The predicted molar refractivity (Wildman–Crippen MR) is 103 cm³/mol. The van der Waals surface area contributed by atoms with Crippen LogP contribution in [0.15, 0.2) is 66.4 Å². The van der Waals surface area contributed by atoms with Crippen molar-refractivity contribution in [2.24, 2.45) is 0 Å². The average Bonchev–Trinajstić information content (AvgIpc) is 3.33. The zero-order valence-electron chi connectivity index (χ0n) is 14.6. The van der Waals surface area contributed by atoms with E-state index >= 15 is 0 Å². The van der Waals surface area contributed by atoms with Crippen molar-refractivity contribution in [3.05, 3.63) is 83.2 Å². The topological polar surface area (TPSA) is 80.9 Å². The molecule has 0 amide bonds. The van der Waals surface area contributed by atoms with Gasteiger partial charge in [-0.05, 0) is 30.0 Å². The van der Waals surface area contributed by atoms with Crippen LogP contribution in [0.5, 0.6) is 0 Å². The molecule has 5 rings (SSSR count). The predicted octanol–water partition coefficient (Wildman–Crippen LogP) is 2.79. The molecule has 27 heavy (non-hydrogen) atoms. The molecule has 0 atom stereocenters. The lowest BCUT2D eigenvalue weighted by molar-refractivity contribution is 0.752. The van der Waals surface area contributed by atoms with Crippen LogP contribution in [-0.4, -0.2) is 29.1 Å². The van der Waals surface area contributed by atoms with Crippen LogP contribution in [0.4, 0.5) is 0 Å². The summed E-state index contributed by atoms with van der Waals surface area (Å²) in [4.78, 5) is 21.8. The highest BCUT2D eigenvalue weighted by Crippen LogP contribution is 2.25. The number of nitrogens with one attached hydrogen (secondary N) is 1. The minimum Gasteiger partial charge on any atom is -0.309 e. The number of aromatic nitrogens is 6. The highest BCUT2D eigenvalue weighted by atomic mass is 16.1. The van der Waals surface area contributed by atoms with Crippen molar-refractivity contribution in [1.82, 2.24) is 29.1 Å². The van der Waals surface area contributed by atoms with E-state index in [1.807, 2.05) is 48.1 Å². The molecular weight excluding hydrogens is 340 g/mol. The Balaban J connectivity index is 1.59. The molecule has 0 fully saturated rings. The molecule has 1 N–H and O–H groups in total. The largest absolute Gasteiger partial charge is 0.309 e. The molecule has 7 heteroatoms. The summed E-state index contributed by atoms with van der Waals surface area (Å²) in [6, 6.07) is 5.95. The number of rotatable bonds is 3. The van der Waals surface area contributed by atoms with E-state index in [0.29, 0.717) is 11.9 Å². The lowest BCUT2D eigenvalue weighted by Gasteiger charge is -2.08.